The van der Waals surface area contributed by atoms with E-state index >= 15 is 0 Å². The van der Waals surface area contributed by atoms with Crippen LogP contribution < -0.4 is 0 Å². The Hall–Kier alpha value is -1.49. The summed E-state index contributed by atoms with van der Waals surface area (Å²) in [5, 5.41) is 3.97. The molecule has 19 heavy (non-hydrogen) atoms. The maximum Gasteiger partial charge on any atom is 0.237 e. The Balaban J connectivity index is 2.38. The van der Waals surface area contributed by atoms with Gasteiger partial charge < -0.3 is 4.52 Å². The van der Waals surface area contributed by atoms with E-state index in [0.717, 1.165) is 15.6 Å². The summed E-state index contributed by atoms with van der Waals surface area (Å²) in [6.07, 6.45) is 0.663. The molecule has 0 aliphatic carbocycles. The van der Waals surface area contributed by atoms with Crippen LogP contribution in [-0.4, -0.2) is 15.9 Å². The van der Waals surface area contributed by atoms with Crippen molar-refractivity contribution in [2.45, 2.75) is 33.1 Å². The SMILES string of the molecule is CCC(C(C)=O)c1nc(-c2ccc(Br)cc2C)no1. The number of carbonyl (C=O) groups excluding carboxylic acids is 1. The zero-order valence-corrected chi connectivity index (χ0v) is 12.7. The summed E-state index contributed by atoms with van der Waals surface area (Å²) in [6.45, 7) is 5.46. The lowest BCUT2D eigenvalue weighted by atomic mass is 10.0. The van der Waals surface area contributed by atoms with Crippen molar-refractivity contribution in [1.29, 1.82) is 0 Å². The molecule has 1 aromatic heterocycles. The van der Waals surface area contributed by atoms with Crippen LogP contribution in [0.15, 0.2) is 27.2 Å². The van der Waals surface area contributed by atoms with Crippen molar-refractivity contribution >= 4 is 21.7 Å². The highest BCUT2D eigenvalue weighted by atomic mass is 79.9. The van der Waals surface area contributed by atoms with Crippen molar-refractivity contribution in [3.8, 4) is 11.4 Å². The first-order valence-electron chi connectivity index (χ1n) is 6.13. The highest BCUT2D eigenvalue weighted by Crippen LogP contribution is 2.26. The number of rotatable bonds is 4. The molecule has 5 heteroatoms. The predicted octanol–water partition coefficient (Wildman–Crippen LogP) is 3.89. The topological polar surface area (TPSA) is 56.0 Å². The van der Waals surface area contributed by atoms with Gasteiger partial charge in [0.1, 0.15) is 5.78 Å². The van der Waals surface area contributed by atoms with E-state index in [1.165, 1.54) is 0 Å². The van der Waals surface area contributed by atoms with Gasteiger partial charge in [0.05, 0.1) is 5.92 Å². The molecular weight excluding hydrogens is 308 g/mol. The van der Waals surface area contributed by atoms with Crippen molar-refractivity contribution in [2.24, 2.45) is 0 Å². The fourth-order valence-corrected chi connectivity index (χ4v) is 2.48. The summed E-state index contributed by atoms with van der Waals surface area (Å²) in [7, 11) is 0. The lowest BCUT2D eigenvalue weighted by molar-refractivity contribution is -0.119. The van der Waals surface area contributed by atoms with Crippen LogP contribution in [0.2, 0.25) is 0 Å². The molecule has 0 aliphatic heterocycles. The molecular formula is C14H15BrN2O2. The largest absolute Gasteiger partial charge is 0.338 e. The van der Waals surface area contributed by atoms with Gasteiger partial charge in [-0.05, 0) is 44.0 Å². The molecule has 0 aliphatic rings. The number of Topliss-reactive ketones (excluding diaryl/α,β-unsaturated/α-hetero) is 1. The number of aryl methyl sites for hydroxylation is 1. The average molecular weight is 323 g/mol. The molecule has 0 N–H and O–H groups in total. The highest BCUT2D eigenvalue weighted by Gasteiger charge is 2.22. The zero-order chi connectivity index (χ0) is 14.0. The van der Waals surface area contributed by atoms with Gasteiger partial charge in [-0.3, -0.25) is 4.79 Å². The monoisotopic (exact) mass is 322 g/mol. The number of benzene rings is 1. The number of nitrogens with zero attached hydrogens (tertiary/aromatic N) is 2. The summed E-state index contributed by atoms with van der Waals surface area (Å²) in [6, 6.07) is 5.86. The predicted molar refractivity (Wildman–Crippen MR) is 75.9 cm³/mol. The molecule has 0 amide bonds. The molecule has 1 aromatic carbocycles. The molecule has 1 heterocycles. The first kappa shape index (κ1) is 13.9. The molecule has 1 unspecified atom stereocenters. The summed E-state index contributed by atoms with van der Waals surface area (Å²) >= 11 is 3.42. The lowest BCUT2D eigenvalue weighted by Crippen LogP contribution is -2.07. The molecule has 0 radical (unpaired) electrons. The standard InChI is InChI=1S/C14H15BrN2O2/c1-4-11(9(3)18)14-16-13(17-19-14)12-6-5-10(15)7-8(12)2/h5-7,11H,4H2,1-3H3. The second-order valence-electron chi connectivity index (χ2n) is 4.49. The molecule has 0 saturated heterocycles. The van der Waals surface area contributed by atoms with Crippen LogP contribution in [0, 0.1) is 6.92 Å². The highest BCUT2D eigenvalue weighted by molar-refractivity contribution is 9.10. The van der Waals surface area contributed by atoms with Gasteiger partial charge in [0.25, 0.3) is 0 Å². The molecule has 2 aromatic rings. The third kappa shape index (κ3) is 2.92. The Bertz CT molecular complexity index is 607. The number of hydrogen-bond donors (Lipinski definition) is 0. The van der Waals surface area contributed by atoms with E-state index in [1.807, 2.05) is 32.0 Å². The normalized spacial score (nSPS) is 12.4. The second-order valence-corrected chi connectivity index (χ2v) is 5.40. The summed E-state index contributed by atoms with van der Waals surface area (Å²) < 4.78 is 6.23. The number of ketones is 1. The van der Waals surface area contributed by atoms with Crippen LogP contribution in [0.25, 0.3) is 11.4 Å². The van der Waals surface area contributed by atoms with Crippen LogP contribution in [0.5, 0.6) is 0 Å². The van der Waals surface area contributed by atoms with Crippen LogP contribution >= 0.6 is 15.9 Å². The lowest BCUT2D eigenvalue weighted by Gasteiger charge is -2.04. The number of carbonyl (C=O) groups is 1. The van der Waals surface area contributed by atoms with Gasteiger partial charge in [-0.1, -0.05) is 28.0 Å². The number of hydrogen-bond acceptors (Lipinski definition) is 4. The Morgan fingerprint density at radius 1 is 1.47 bits per heavy atom. The van der Waals surface area contributed by atoms with Crippen molar-refractivity contribution in [1.82, 2.24) is 10.1 Å². The van der Waals surface area contributed by atoms with Crippen molar-refractivity contribution in [2.75, 3.05) is 0 Å². The van der Waals surface area contributed by atoms with Crippen molar-refractivity contribution < 1.29 is 9.32 Å². The molecule has 1 atom stereocenters. The van der Waals surface area contributed by atoms with Crippen molar-refractivity contribution in [3.05, 3.63) is 34.1 Å². The minimum absolute atomic E-state index is 0.0465. The van der Waals surface area contributed by atoms with E-state index < -0.39 is 0 Å². The van der Waals surface area contributed by atoms with Gasteiger partial charge in [-0.15, -0.1) is 0 Å². The Kier molecular flexibility index (Phi) is 4.14. The van der Waals surface area contributed by atoms with Gasteiger partial charge >= 0.3 is 0 Å². The number of halogens is 1. The summed E-state index contributed by atoms with van der Waals surface area (Å²) in [4.78, 5) is 15.8. The van der Waals surface area contributed by atoms with E-state index in [9.17, 15) is 4.79 Å². The summed E-state index contributed by atoms with van der Waals surface area (Å²) in [5.41, 5.74) is 1.97. The fraction of sp³-hybridized carbons (Fsp3) is 0.357. The van der Waals surface area contributed by atoms with Gasteiger partial charge in [0.15, 0.2) is 0 Å². The summed E-state index contributed by atoms with van der Waals surface area (Å²) in [5.74, 6) is 0.661. The zero-order valence-electron chi connectivity index (χ0n) is 11.1. The fourth-order valence-electron chi connectivity index (χ4n) is 2.00. The minimum Gasteiger partial charge on any atom is -0.338 e. The van der Waals surface area contributed by atoms with Crippen LogP contribution in [0.4, 0.5) is 0 Å². The van der Waals surface area contributed by atoms with Gasteiger partial charge in [0, 0.05) is 10.0 Å². The Labute approximate surface area is 120 Å². The average Bonchev–Trinajstić information content (AvgIpc) is 2.78. The van der Waals surface area contributed by atoms with Crippen LogP contribution in [0.3, 0.4) is 0 Å². The Morgan fingerprint density at radius 2 is 2.21 bits per heavy atom. The maximum absolute atomic E-state index is 11.5. The molecule has 0 fully saturated rings. The smallest absolute Gasteiger partial charge is 0.237 e. The minimum atomic E-state index is -0.308. The van der Waals surface area contributed by atoms with Gasteiger partial charge in [-0.25, -0.2) is 0 Å². The molecule has 0 saturated carbocycles. The van der Waals surface area contributed by atoms with Gasteiger partial charge in [-0.2, -0.15) is 4.98 Å². The van der Waals surface area contributed by atoms with E-state index in [2.05, 4.69) is 26.1 Å². The third-order valence-electron chi connectivity index (χ3n) is 3.07. The first-order valence-corrected chi connectivity index (χ1v) is 6.92. The second kappa shape index (κ2) is 5.65. The van der Waals surface area contributed by atoms with E-state index in [1.54, 1.807) is 6.92 Å². The van der Waals surface area contributed by atoms with Crippen LogP contribution in [0.1, 0.15) is 37.6 Å². The van der Waals surface area contributed by atoms with E-state index in [4.69, 9.17) is 4.52 Å². The molecule has 100 valence electrons. The van der Waals surface area contributed by atoms with Crippen LogP contribution in [-0.2, 0) is 4.79 Å². The molecule has 0 spiro atoms. The molecule has 2 rings (SSSR count). The Morgan fingerprint density at radius 3 is 2.79 bits per heavy atom. The third-order valence-corrected chi connectivity index (χ3v) is 3.56. The molecule has 0 bridgehead atoms. The van der Waals surface area contributed by atoms with Gasteiger partial charge in [0.2, 0.25) is 11.7 Å². The molecule has 4 nitrogen and oxygen atoms in total. The quantitative estimate of drug-likeness (QED) is 0.856. The van der Waals surface area contributed by atoms with E-state index in [0.29, 0.717) is 18.1 Å². The maximum atomic E-state index is 11.5. The van der Waals surface area contributed by atoms with Crippen molar-refractivity contribution in [3.63, 3.8) is 0 Å². The number of aromatic nitrogens is 2. The first-order chi connectivity index (χ1) is 9.02. The van der Waals surface area contributed by atoms with E-state index in [-0.39, 0.29) is 11.7 Å².